The third-order valence-corrected chi connectivity index (χ3v) is 3.35. The lowest BCUT2D eigenvalue weighted by atomic mass is 9.78. The van der Waals surface area contributed by atoms with E-state index in [1.165, 1.54) is 12.1 Å². The van der Waals surface area contributed by atoms with Crippen molar-refractivity contribution >= 4 is 0 Å². The summed E-state index contributed by atoms with van der Waals surface area (Å²) in [6, 6.07) is 7.67. The molecule has 1 aromatic carbocycles. The molecule has 102 valence electrons. The number of hydrogen-bond acceptors (Lipinski definition) is 3. The summed E-state index contributed by atoms with van der Waals surface area (Å²) in [7, 11) is 1.81. The molecule has 0 aliphatic carbocycles. The highest BCUT2D eigenvalue weighted by atomic mass is 19.1. The van der Waals surface area contributed by atoms with Crippen molar-refractivity contribution in [2.75, 3.05) is 13.2 Å². The lowest BCUT2D eigenvalue weighted by molar-refractivity contribution is 0.115. The van der Waals surface area contributed by atoms with Gasteiger partial charge in [0, 0.05) is 25.1 Å². The van der Waals surface area contributed by atoms with E-state index >= 15 is 0 Å². The normalized spacial score (nSPS) is 11.8. The summed E-state index contributed by atoms with van der Waals surface area (Å²) >= 11 is 0. The molecular formula is C14H17FN2O2. The number of hydrogen-bond donors (Lipinski definition) is 2. The van der Waals surface area contributed by atoms with Crippen LogP contribution in [0.2, 0.25) is 0 Å². The van der Waals surface area contributed by atoms with Crippen molar-refractivity contribution in [2.45, 2.75) is 11.8 Å². The summed E-state index contributed by atoms with van der Waals surface area (Å²) < 4.78 is 14.6. The third kappa shape index (κ3) is 2.83. The molecule has 0 aliphatic rings. The second-order valence-electron chi connectivity index (χ2n) is 4.76. The SMILES string of the molecule is Cn1ccc(CC(CO)(CO)c2ccc(F)cc2)n1. The van der Waals surface area contributed by atoms with Crippen molar-refractivity contribution in [2.24, 2.45) is 7.05 Å². The van der Waals surface area contributed by atoms with E-state index in [2.05, 4.69) is 5.10 Å². The molecule has 19 heavy (non-hydrogen) atoms. The summed E-state index contributed by atoms with van der Waals surface area (Å²) in [4.78, 5) is 0. The predicted molar refractivity (Wildman–Crippen MR) is 69.2 cm³/mol. The van der Waals surface area contributed by atoms with Gasteiger partial charge in [0.1, 0.15) is 5.82 Å². The second kappa shape index (κ2) is 5.50. The summed E-state index contributed by atoms with van der Waals surface area (Å²) in [6.07, 6.45) is 2.20. The van der Waals surface area contributed by atoms with Crippen molar-refractivity contribution in [1.29, 1.82) is 0 Å². The zero-order valence-electron chi connectivity index (χ0n) is 10.8. The first kappa shape index (κ1) is 13.7. The maximum absolute atomic E-state index is 13.0. The molecule has 2 aromatic rings. The number of benzene rings is 1. The van der Waals surface area contributed by atoms with Gasteiger partial charge in [0.15, 0.2) is 0 Å². The molecule has 0 aliphatic heterocycles. The smallest absolute Gasteiger partial charge is 0.123 e. The Hall–Kier alpha value is -1.72. The van der Waals surface area contributed by atoms with Gasteiger partial charge in [-0.25, -0.2) is 4.39 Å². The summed E-state index contributed by atoms with van der Waals surface area (Å²) in [5.41, 5.74) is 0.627. The van der Waals surface area contributed by atoms with Crippen molar-refractivity contribution in [1.82, 2.24) is 9.78 Å². The van der Waals surface area contributed by atoms with E-state index in [0.717, 1.165) is 5.69 Å². The van der Waals surface area contributed by atoms with Crippen LogP contribution in [-0.2, 0) is 18.9 Å². The minimum absolute atomic E-state index is 0.230. The zero-order valence-corrected chi connectivity index (χ0v) is 10.8. The zero-order chi connectivity index (χ0) is 13.9. The van der Waals surface area contributed by atoms with Crippen LogP contribution in [0.3, 0.4) is 0 Å². The number of aliphatic hydroxyl groups is 2. The summed E-state index contributed by atoms with van der Waals surface area (Å²) in [5.74, 6) is -0.341. The predicted octanol–water partition coefficient (Wildman–Crippen LogP) is 1.02. The van der Waals surface area contributed by atoms with Crippen LogP contribution < -0.4 is 0 Å². The first-order chi connectivity index (χ1) is 9.09. The largest absolute Gasteiger partial charge is 0.395 e. The summed E-state index contributed by atoms with van der Waals surface area (Å²) in [5, 5.41) is 23.6. The van der Waals surface area contributed by atoms with Crippen LogP contribution in [0.1, 0.15) is 11.3 Å². The molecule has 0 atom stereocenters. The van der Waals surface area contributed by atoms with Crippen LogP contribution in [0.15, 0.2) is 36.5 Å². The molecule has 0 bridgehead atoms. The van der Waals surface area contributed by atoms with Gasteiger partial charge >= 0.3 is 0 Å². The standard InChI is InChI=1S/C14H17FN2O2/c1-17-7-6-13(16-17)8-14(9-18,10-19)11-2-4-12(15)5-3-11/h2-7,18-19H,8-10H2,1H3. The molecule has 2 rings (SSSR count). The average Bonchev–Trinajstić information content (AvgIpc) is 2.82. The Labute approximate surface area is 111 Å². The number of aryl methyl sites for hydroxylation is 1. The van der Waals surface area contributed by atoms with Crippen LogP contribution in [0, 0.1) is 5.82 Å². The summed E-state index contributed by atoms with van der Waals surface area (Å²) in [6.45, 7) is -0.461. The van der Waals surface area contributed by atoms with E-state index in [4.69, 9.17) is 0 Å². The molecule has 0 spiro atoms. The molecule has 5 heteroatoms. The maximum Gasteiger partial charge on any atom is 0.123 e. The van der Waals surface area contributed by atoms with E-state index in [9.17, 15) is 14.6 Å². The first-order valence-corrected chi connectivity index (χ1v) is 6.06. The highest BCUT2D eigenvalue weighted by molar-refractivity contribution is 5.28. The van der Waals surface area contributed by atoms with Gasteiger partial charge in [-0.1, -0.05) is 12.1 Å². The topological polar surface area (TPSA) is 58.3 Å². The van der Waals surface area contributed by atoms with Crippen LogP contribution in [-0.4, -0.2) is 33.2 Å². The second-order valence-corrected chi connectivity index (χ2v) is 4.76. The van der Waals surface area contributed by atoms with Crippen molar-refractivity contribution in [3.05, 3.63) is 53.6 Å². The molecule has 2 N–H and O–H groups in total. The highest BCUT2D eigenvalue weighted by Gasteiger charge is 2.32. The van der Waals surface area contributed by atoms with Gasteiger partial charge in [-0.3, -0.25) is 4.68 Å². The molecule has 0 radical (unpaired) electrons. The molecule has 1 aromatic heterocycles. The Morgan fingerprint density at radius 3 is 2.26 bits per heavy atom. The van der Waals surface area contributed by atoms with Gasteiger partial charge in [-0.05, 0) is 23.8 Å². The van der Waals surface area contributed by atoms with Crippen molar-refractivity contribution in [3.8, 4) is 0 Å². The lowest BCUT2D eigenvalue weighted by Gasteiger charge is -2.29. The van der Waals surface area contributed by atoms with Gasteiger partial charge in [0.05, 0.1) is 18.9 Å². The first-order valence-electron chi connectivity index (χ1n) is 6.06. The Kier molecular flexibility index (Phi) is 3.97. The van der Waals surface area contributed by atoms with Crippen molar-refractivity contribution in [3.63, 3.8) is 0 Å². The average molecular weight is 264 g/mol. The van der Waals surface area contributed by atoms with E-state index in [-0.39, 0.29) is 19.0 Å². The lowest BCUT2D eigenvalue weighted by Crippen LogP contribution is -2.37. The number of aliphatic hydroxyl groups excluding tert-OH is 2. The Balaban J connectivity index is 2.33. The van der Waals surface area contributed by atoms with Crippen LogP contribution in [0.4, 0.5) is 4.39 Å². The van der Waals surface area contributed by atoms with E-state index in [0.29, 0.717) is 12.0 Å². The molecule has 1 heterocycles. The van der Waals surface area contributed by atoms with Gasteiger partial charge in [-0.2, -0.15) is 5.10 Å². The minimum Gasteiger partial charge on any atom is -0.395 e. The fourth-order valence-corrected chi connectivity index (χ4v) is 2.15. The number of nitrogens with zero attached hydrogens (tertiary/aromatic N) is 2. The highest BCUT2D eigenvalue weighted by Crippen LogP contribution is 2.27. The molecular weight excluding hydrogens is 247 g/mol. The molecule has 0 unspecified atom stereocenters. The minimum atomic E-state index is -0.845. The van der Waals surface area contributed by atoms with Gasteiger partial charge in [-0.15, -0.1) is 0 Å². The fraction of sp³-hybridized carbons (Fsp3) is 0.357. The fourth-order valence-electron chi connectivity index (χ4n) is 2.15. The molecule has 0 saturated carbocycles. The maximum atomic E-state index is 13.0. The van der Waals surface area contributed by atoms with Gasteiger partial charge in [0.25, 0.3) is 0 Å². The van der Waals surface area contributed by atoms with Gasteiger partial charge in [0.2, 0.25) is 0 Å². The number of rotatable bonds is 5. The van der Waals surface area contributed by atoms with Crippen LogP contribution >= 0.6 is 0 Å². The van der Waals surface area contributed by atoms with Gasteiger partial charge < -0.3 is 10.2 Å². The Bertz CT molecular complexity index is 533. The molecule has 0 fully saturated rings. The van der Waals surface area contributed by atoms with E-state index in [1.807, 2.05) is 6.07 Å². The Morgan fingerprint density at radius 2 is 1.79 bits per heavy atom. The van der Waals surface area contributed by atoms with Crippen LogP contribution in [0.25, 0.3) is 0 Å². The van der Waals surface area contributed by atoms with Crippen LogP contribution in [0.5, 0.6) is 0 Å². The number of aromatic nitrogens is 2. The third-order valence-electron chi connectivity index (χ3n) is 3.35. The quantitative estimate of drug-likeness (QED) is 0.848. The molecule has 4 nitrogen and oxygen atoms in total. The monoisotopic (exact) mass is 264 g/mol. The van der Waals surface area contributed by atoms with Crippen molar-refractivity contribution < 1.29 is 14.6 Å². The number of halogens is 1. The molecule has 0 amide bonds. The van der Waals surface area contributed by atoms with E-state index in [1.54, 1.807) is 30.1 Å². The molecule has 0 saturated heterocycles. The van der Waals surface area contributed by atoms with E-state index < -0.39 is 5.41 Å². The Morgan fingerprint density at radius 1 is 1.16 bits per heavy atom.